The van der Waals surface area contributed by atoms with Crippen LogP contribution in [0.15, 0.2) is 6.07 Å². The van der Waals surface area contributed by atoms with Crippen molar-refractivity contribution in [2.75, 3.05) is 0 Å². The number of hydrogen-bond acceptors (Lipinski definition) is 3. The molecule has 2 saturated carbocycles. The van der Waals surface area contributed by atoms with Crippen molar-refractivity contribution in [2.24, 2.45) is 0 Å². The van der Waals surface area contributed by atoms with E-state index < -0.39 is 0 Å². The first-order chi connectivity index (χ1) is 12.1. The fraction of sp³-hybridized carbons (Fsp3) is 0.750. The Morgan fingerprint density at radius 1 is 1.04 bits per heavy atom. The first kappa shape index (κ1) is 18.4. The summed E-state index contributed by atoms with van der Waals surface area (Å²) < 4.78 is 0. The zero-order chi connectivity index (χ0) is 17.7. The Balaban J connectivity index is 1.72. The van der Waals surface area contributed by atoms with Gasteiger partial charge in [-0.25, -0.2) is 9.97 Å². The number of nitrogens with one attached hydrogen (secondary N) is 1. The molecule has 136 valence electrons. The minimum atomic E-state index is -0.103. The fourth-order valence-corrected chi connectivity index (χ4v) is 4.40. The highest BCUT2D eigenvalue weighted by atomic mass is 16.2. The largest absolute Gasteiger partial charge is 0.353 e. The molecule has 2 aliphatic carbocycles. The summed E-state index contributed by atoms with van der Waals surface area (Å²) in [6.07, 6.45) is 14.6. The molecular weight excluding hydrogens is 309 g/mol. The van der Waals surface area contributed by atoms with Crippen LogP contribution in [0.1, 0.15) is 105 Å². The van der Waals surface area contributed by atoms with Gasteiger partial charge < -0.3 is 5.32 Å². The summed E-state index contributed by atoms with van der Waals surface area (Å²) in [6, 6.07) is 1.84. The normalized spacial score (nSPS) is 22.0. The fourth-order valence-electron chi connectivity index (χ4n) is 4.40. The van der Waals surface area contributed by atoms with Gasteiger partial charge in [0.25, 0.3) is 5.91 Å². The summed E-state index contributed by atoms with van der Waals surface area (Å²) in [7, 11) is 2.21. The van der Waals surface area contributed by atoms with Crippen molar-refractivity contribution < 1.29 is 4.79 Å². The summed E-state index contributed by atoms with van der Waals surface area (Å²) >= 11 is 0. The second-order valence-electron chi connectivity index (χ2n) is 8.37. The molecule has 0 aromatic carbocycles. The zero-order valence-electron chi connectivity index (χ0n) is 15.9. The lowest BCUT2D eigenvalue weighted by atomic mass is 9.70. The summed E-state index contributed by atoms with van der Waals surface area (Å²) in [5.41, 5.74) is 1.35. The summed E-state index contributed by atoms with van der Waals surface area (Å²) in [4.78, 5) is 22.2. The highest BCUT2D eigenvalue weighted by molar-refractivity contribution is 6.17. The summed E-state index contributed by atoms with van der Waals surface area (Å²) in [5, 5.41) is 3.32. The van der Waals surface area contributed by atoms with Gasteiger partial charge in [0, 0.05) is 17.1 Å². The predicted octanol–water partition coefficient (Wildman–Crippen LogP) is 3.64. The van der Waals surface area contributed by atoms with Gasteiger partial charge in [-0.3, -0.25) is 4.79 Å². The Hall–Kier alpha value is -1.39. The zero-order valence-corrected chi connectivity index (χ0v) is 15.9. The second kappa shape index (κ2) is 8.33. The Kier molecular flexibility index (Phi) is 6.13. The van der Waals surface area contributed by atoms with Crippen molar-refractivity contribution in [2.45, 2.75) is 95.3 Å². The Morgan fingerprint density at radius 2 is 1.64 bits per heavy atom. The maximum absolute atomic E-state index is 12.9. The lowest BCUT2D eigenvalue weighted by molar-refractivity contribution is 0.0914. The van der Waals surface area contributed by atoms with Gasteiger partial charge in [0.1, 0.15) is 19.4 Å². The smallest absolute Gasteiger partial charge is 0.269 e. The van der Waals surface area contributed by atoms with E-state index in [0.29, 0.717) is 11.6 Å². The molecule has 0 unspecified atom stereocenters. The molecule has 1 heterocycles. The molecule has 4 nitrogen and oxygen atoms in total. The summed E-state index contributed by atoms with van der Waals surface area (Å²) in [6.45, 7) is 1.97. The molecule has 1 aromatic heterocycles. The number of aryl methyl sites for hydroxylation is 1. The van der Waals surface area contributed by atoms with Gasteiger partial charge in [0.15, 0.2) is 0 Å². The minimum absolute atomic E-state index is 0.0218. The van der Waals surface area contributed by atoms with Crippen LogP contribution in [0.4, 0.5) is 0 Å². The molecule has 3 rings (SSSR count). The number of nitrogens with zero attached hydrogens (tertiary/aromatic N) is 2. The molecule has 5 heteroatoms. The monoisotopic (exact) mass is 341 g/mol. The number of carbonyl (C=O) groups is 1. The minimum Gasteiger partial charge on any atom is -0.353 e. The standard InChI is InChI=1S/C20H32BN3O/c1-15-14-17(23-18(22-15)16-10-6-7-11-16)19(25)24-20(21)12-8-4-2-3-5-9-13-20/h14,16H,2-13,21H2,1H3,(H,24,25). The Labute approximate surface area is 153 Å². The molecule has 1 amide bonds. The van der Waals surface area contributed by atoms with E-state index in [1.54, 1.807) is 0 Å². The third-order valence-electron chi connectivity index (χ3n) is 5.95. The van der Waals surface area contributed by atoms with Crippen molar-refractivity contribution in [3.8, 4) is 0 Å². The van der Waals surface area contributed by atoms with Gasteiger partial charge in [-0.15, -0.1) is 0 Å². The molecule has 25 heavy (non-hydrogen) atoms. The van der Waals surface area contributed by atoms with Gasteiger partial charge in [0.2, 0.25) is 0 Å². The number of aromatic nitrogens is 2. The first-order valence-corrected chi connectivity index (χ1v) is 10.2. The molecule has 0 atom stereocenters. The van der Waals surface area contributed by atoms with Crippen molar-refractivity contribution >= 4 is 13.8 Å². The van der Waals surface area contributed by atoms with E-state index in [4.69, 9.17) is 0 Å². The van der Waals surface area contributed by atoms with E-state index in [9.17, 15) is 4.79 Å². The molecular formula is C20H32BN3O. The number of rotatable bonds is 3. The highest BCUT2D eigenvalue weighted by Gasteiger charge is 2.28. The molecule has 2 fully saturated rings. The van der Waals surface area contributed by atoms with Crippen LogP contribution in [0.3, 0.4) is 0 Å². The van der Waals surface area contributed by atoms with Gasteiger partial charge in [0.05, 0.1) is 0 Å². The van der Waals surface area contributed by atoms with Crippen molar-refractivity contribution in [1.29, 1.82) is 0 Å². The quantitative estimate of drug-likeness (QED) is 0.854. The third kappa shape index (κ3) is 5.05. The van der Waals surface area contributed by atoms with Crippen LogP contribution in [0.25, 0.3) is 0 Å². The van der Waals surface area contributed by atoms with Crippen LogP contribution in [0.2, 0.25) is 0 Å². The maximum atomic E-state index is 12.9. The van der Waals surface area contributed by atoms with Crippen molar-refractivity contribution in [3.63, 3.8) is 0 Å². The van der Waals surface area contributed by atoms with Crippen LogP contribution < -0.4 is 5.32 Å². The molecule has 0 saturated heterocycles. The second-order valence-corrected chi connectivity index (χ2v) is 8.37. The third-order valence-corrected chi connectivity index (χ3v) is 5.95. The van der Waals surface area contributed by atoms with Gasteiger partial charge in [-0.1, -0.05) is 51.4 Å². The number of carbonyl (C=O) groups excluding carboxylic acids is 1. The van der Waals surface area contributed by atoms with Crippen LogP contribution in [-0.4, -0.2) is 29.2 Å². The van der Waals surface area contributed by atoms with Crippen LogP contribution in [0.5, 0.6) is 0 Å². The van der Waals surface area contributed by atoms with E-state index in [0.717, 1.165) is 37.2 Å². The van der Waals surface area contributed by atoms with E-state index in [-0.39, 0.29) is 11.3 Å². The van der Waals surface area contributed by atoms with Crippen LogP contribution >= 0.6 is 0 Å². The molecule has 1 N–H and O–H groups in total. The number of amides is 1. The van der Waals surface area contributed by atoms with E-state index >= 15 is 0 Å². The van der Waals surface area contributed by atoms with E-state index in [1.165, 1.54) is 51.4 Å². The lowest BCUT2D eigenvalue weighted by Crippen LogP contribution is -2.49. The van der Waals surface area contributed by atoms with Gasteiger partial charge >= 0.3 is 0 Å². The SMILES string of the molecule is BC1(NC(=O)c2cc(C)nc(C3CCCC3)n2)CCCCCCCC1. The van der Waals surface area contributed by atoms with Gasteiger partial charge in [-0.2, -0.15) is 0 Å². The maximum Gasteiger partial charge on any atom is 0.269 e. The van der Waals surface area contributed by atoms with Crippen molar-refractivity contribution in [3.05, 3.63) is 23.3 Å². The van der Waals surface area contributed by atoms with Crippen LogP contribution in [-0.2, 0) is 0 Å². The van der Waals surface area contributed by atoms with E-state index in [2.05, 4.69) is 23.1 Å². The highest BCUT2D eigenvalue weighted by Crippen LogP contribution is 2.32. The molecule has 1 aromatic rings. The molecule has 2 aliphatic rings. The van der Waals surface area contributed by atoms with Crippen LogP contribution in [0, 0.1) is 6.92 Å². The Bertz CT molecular complexity index is 589. The average Bonchev–Trinajstić information content (AvgIpc) is 3.13. The molecule has 0 aliphatic heterocycles. The molecule has 0 radical (unpaired) electrons. The van der Waals surface area contributed by atoms with Crippen molar-refractivity contribution in [1.82, 2.24) is 15.3 Å². The first-order valence-electron chi connectivity index (χ1n) is 10.2. The predicted molar refractivity (Wildman–Crippen MR) is 104 cm³/mol. The average molecular weight is 341 g/mol. The molecule has 0 spiro atoms. The number of hydrogen-bond donors (Lipinski definition) is 1. The lowest BCUT2D eigenvalue weighted by Gasteiger charge is -2.31. The topological polar surface area (TPSA) is 54.9 Å². The van der Waals surface area contributed by atoms with E-state index in [1.807, 2.05) is 13.0 Å². The Morgan fingerprint density at radius 3 is 2.28 bits per heavy atom. The molecule has 0 bridgehead atoms. The van der Waals surface area contributed by atoms with Gasteiger partial charge in [-0.05, 0) is 38.7 Å². The summed E-state index contributed by atoms with van der Waals surface area (Å²) in [5.74, 6) is 1.29.